The third-order valence-electron chi connectivity index (χ3n) is 7.02. The summed E-state index contributed by atoms with van der Waals surface area (Å²) in [7, 11) is 0. The van der Waals surface area contributed by atoms with Gasteiger partial charge in [0.1, 0.15) is 23.4 Å². The van der Waals surface area contributed by atoms with Crippen LogP contribution < -0.4 is 16.6 Å². The van der Waals surface area contributed by atoms with Gasteiger partial charge in [-0.1, -0.05) is 37.6 Å². The lowest BCUT2D eigenvalue weighted by atomic mass is 10.1. The van der Waals surface area contributed by atoms with E-state index < -0.39 is 11.5 Å². The molecule has 4 heterocycles. The first-order chi connectivity index (χ1) is 19.8. The number of benzene rings is 2. The van der Waals surface area contributed by atoms with Gasteiger partial charge in [-0.05, 0) is 54.8 Å². The van der Waals surface area contributed by atoms with Crippen LogP contribution in [0.1, 0.15) is 48.3 Å². The molecule has 0 spiro atoms. The number of carbonyl (C=O) groups is 1. The minimum absolute atomic E-state index is 0.0122. The van der Waals surface area contributed by atoms with Crippen molar-refractivity contribution in [2.45, 2.75) is 32.2 Å². The summed E-state index contributed by atoms with van der Waals surface area (Å²) in [6, 6.07) is 15.5. The van der Waals surface area contributed by atoms with E-state index in [2.05, 4.69) is 20.4 Å². The van der Waals surface area contributed by atoms with E-state index in [4.69, 9.17) is 27.2 Å². The van der Waals surface area contributed by atoms with E-state index in [-0.39, 0.29) is 17.5 Å². The molecule has 2 aromatic carbocycles. The number of fused-ring (bicyclic) bond motifs is 1. The molecule has 11 nitrogen and oxygen atoms in total. The highest BCUT2D eigenvalue weighted by atomic mass is 35.5. The summed E-state index contributed by atoms with van der Waals surface area (Å²) < 4.78 is 8.64. The van der Waals surface area contributed by atoms with Crippen LogP contribution in [0.15, 0.2) is 65.7 Å². The van der Waals surface area contributed by atoms with Gasteiger partial charge in [0.25, 0.3) is 11.5 Å². The molecule has 1 atom stereocenters. The van der Waals surface area contributed by atoms with Crippen LogP contribution in [0.4, 0.5) is 11.5 Å². The van der Waals surface area contributed by atoms with Gasteiger partial charge < -0.3 is 15.8 Å². The molecule has 12 heteroatoms. The van der Waals surface area contributed by atoms with Gasteiger partial charge in [0.05, 0.1) is 29.4 Å². The number of nitrogens with one attached hydrogen (secondary N) is 1. The summed E-state index contributed by atoms with van der Waals surface area (Å²) >= 11 is 6.02. The number of nitrogens with zero attached hydrogens (tertiary/aromatic N) is 6. The van der Waals surface area contributed by atoms with Gasteiger partial charge in [-0.2, -0.15) is 14.9 Å². The molecule has 6 rings (SSSR count). The topological polar surface area (TPSA) is 143 Å². The van der Waals surface area contributed by atoms with E-state index >= 15 is 0 Å². The number of ether oxygens (including phenoxy) is 1. The zero-order valence-corrected chi connectivity index (χ0v) is 23.2. The van der Waals surface area contributed by atoms with Crippen molar-refractivity contribution in [2.75, 3.05) is 24.3 Å². The van der Waals surface area contributed by atoms with Gasteiger partial charge in [-0.3, -0.25) is 9.59 Å². The van der Waals surface area contributed by atoms with Crippen molar-refractivity contribution in [2.24, 2.45) is 0 Å². The van der Waals surface area contributed by atoms with Crippen molar-refractivity contribution < 1.29 is 9.53 Å². The van der Waals surface area contributed by atoms with Crippen LogP contribution in [-0.2, 0) is 4.74 Å². The van der Waals surface area contributed by atoms with Crippen LogP contribution in [0, 0.1) is 0 Å². The lowest BCUT2D eigenvalue weighted by Gasteiger charge is -2.13. The van der Waals surface area contributed by atoms with Gasteiger partial charge in [0.2, 0.25) is 0 Å². The fraction of sp³-hybridized carbons (Fsp3) is 0.241. The molecular weight excluding hydrogens is 544 g/mol. The Bertz CT molecular complexity index is 1810. The summed E-state index contributed by atoms with van der Waals surface area (Å²) in [5, 5.41) is 13.3. The highest BCUT2D eigenvalue weighted by molar-refractivity contribution is 6.30. The van der Waals surface area contributed by atoms with Crippen LogP contribution >= 0.6 is 11.6 Å². The van der Waals surface area contributed by atoms with Crippen molar-refractivity contribution in [3.63, 3.8) is 0 Å². The molecule has 3 N–H and O–H groups in total. The van der Waals surface area contributed by atoms with Crippen LogP contribution in [-0.4, -0.2) is 48.6 Å². The lowest BCUT2D eigenvalue weighted by molar-refractivity contribution is 0.102. The molecule has 3 aromatic heterocycles. The van der Waals surface area contributed by atoms with Crippen molar-refractivity contribution in [3.05, 3.63) is 87.6 Å². The molecule has 0 aliphatic carbocycles. The first-order valence-electron chi connectivity index (χ1n) is 13.2. The van der Waals surface area contributed by atoms with Crippen molar-refractivity contribution in [1.29, 1.82) is 0 Å². The molecule has 5 aromatic rings. The number of carbonyl (C=O) groups excluding carboxylic acids is 1. The Morgan fingerprint density at radius 3 is 2.54 bits per heavy atom. The maximum Gasteiger partial charge on any atom is 0.284 e. The van der Waals surface area contributed by atoms with E-state index in [1.54, 1.807) is 36.4 Å². The molecule has 1 saturated heterocycles. The van der Waals surface area contributed by atoms with E-state index in [1.807, 2.05) is 30.7 Å². The van der Waals surface area contributed by atoms with Crippen LogP contribution in [0.3, 0.4) is 0 Å². The van der Waals surface area contributed by atoms with E-state index in [1.165, 1.54) is 17.1 Å². The zero-order chi connectivity index (χ0) is 28.7. The fourth-order valence-corrected chi connectivity index (χ4v) is 4.92. The van der Waals surface area contributed by atoms with Crippen LogP contribution in [0.5, 0.6) is 0 Å². The second-order valence-corrected chi connectivity index (χ2v) is 10.6. The van der Waals surface area contributed by atoms with Gasteiger partial charge in [0, 0.05) is 22.9 Å². The minimum Gasteiger partial charge on any atom is -0.383 e. The molecule has 1 amide bonds. The summed E-state index contributed by atoms with van der Waals surface area (Å²) in [5.41, 5.74) is 9.39. The maximum absolute atomic E-state index is 13.3. The first kappa shape index (κ1) is 26.6. The summed E-state index contributed by atoms with van der Waals surface area (Å²) in [6.07, 6.45) is 2.26. The second kappa shape index (κ2) is 10.8. The highest BCUT2D eigenvalue weighted by Crippen LogP contribution is 2.33. The number of rotatable bonds is 6. The smallest absolute Gasteiger partial charge is 0.284 e. The number of anilines is 2. The molecule has 1 aliphatic heterocycles. The molecule has 0 saturated carbocycles. The predicted molar refractivity (Wildman–Crippen MR) is 157 cm³/mol. The molecular formula is C29H27ClN8O3. The highest BCUT2D eigenvalue weighted by Gasteiger charge is 2.25. The normalized spacial score (nSPS) is 15.1. The molecule has 1 unspecified atom stereocenters. The van der Waals surface area contributed by atoms with E-state index in [0.717, 1.165) is 12.0 Å². The van der Waals surface area contributed by atoms with Crippen molar-refractivity contribution in [3.8, 4) is 16.9 Å². The quantitative estimate of drug-likeness (QED) is 0.301. The van der Waals surface area contributed by atoms with Crippen molar-refractivity contribution in [1.82, 2.24) is 29.5 Å². The largest absolute Gasteiger partial charge is 0.383 e. The fourth-order valence-electron chi connectivity index (χ4n) is 4.79. The second-order valence-electron chi connectivity index (χ2n) is 10.1. The Morgan fingerprint density at radius 2 is 1.85 bits per heavy atom. The first-order valence-corrected chi connectivity index (χ1v) is 13.6. The molecule has 0 bridgehead atoms. The molecule has 0 radical (unpaired) electrons. The Labute approximate surface area is 239 Å². The SMILES string of the molecule is CC(C)c1cc(C(=O)Nc2ccc(-c3nn(C4CCOC4)c4ncnc(N)c34)cc2)c(=O)n(-c2ccc(Cl)cc2)n1. The molecule has 208 valence electrons. The number of nitrogen functional groups attached to an aromatic ring is 1. The van der Waals surface area contributed by atoms with Gasteiger partial charge in [0.15, 0.2) is 5.65 Å². The molecule has 1 fully saturated rings. The van der Waals surface area contributed by atoms with Crippen molar-refractivity contribution >= 4 is 40.0 Å². The number of halogens is 1. The monoisotopic (exact) mass is 570 g/mol. The predicted octanol–water partition coefficient (Wildman–Crippen LogP) is 4.61. The third kappa shape index (κ3) is 5.05. The van der Waals surface area contributed by atoms with Gasteiger partial charge in [-0.25, -0.2) is 14.6 Å². The minimum atomic E-state index is -0.539. The Balaban J connectivity index is 1.31. The summed E-state index contributed by atoms with van der Waals surface area (Å²) in [6.45, 7) is 5.11. The number of nitrogens with two attached hydrogens (primary N) is 1. The number of hydrogen-bond donors (Lipinski definition) is 2. The van der Waals surface area contributed by atoms with Crippen LogP contribution in [0.2, 0.25) is 5.02 Å². The average Bonchev–Trinajstić information content (AvgIpc) is 3.63. The van der Waals surface area contributed by atoms with E-state index in [0.29, 0.717) is 57.9 Å². The summed E-state index contributed by atoms with van der Waals surface area (Å²) in [5.74, 6) is -0.214. The Kier molecular flexibility index (Phi) is 6.98. The number of aromatic nitrogens is 6. The maximum atomic E-state index is 13.3. The molecule has 1 aliphatic rings. The van der Waals surface area contributed by atoms with Crippen LogP contribution in [0.25, 0.3) is 28.0 Å². The number of hydrogen-bond acceptors (Lipinski definition) is 8. The summed E-state index contributed by atoms with van der Waals surface area (Å²) in [4.78, 5) is 35.3. The van der Waals surface area contributed by atoms with Gasteiger partial charge in [-0.15, -0.1) is 0 Å². The lowest BCUT2D eigenvalue weighted by Crippen LogP contribution is -2.31. The standard InChI is InChI=1S/C29H27ClN8O3/c1-16(2)23-13-22(29(40)38(35-23)20-9-5-18(30)6-10-20)28(39)34-19-7-3-17(4-8-19)25-24-26(31)32-15-33-27(24)37(36-25)21-11-12-41-14-21/h3-10,13,15-16,21H,11-12,14H2,1-2H3,(H,34,39)(H2,31,32,33). The van der Waals surface area contributed by atoms with E-state index in [9.17, 15) is 9.59 Å². The zero-order valence-electron chi connectivity index (χ0n) is 22.4. The molecule has 41 heavy (non-hydrogen) atoms. The Hall–Kier alpha value is -4.61. The third-order valence-corrected chi connectivity index (χ3v) is 7.28. The Morgan fingerprint density at radius 1 is 1.10 bits per heavy atom. The van der Waals surface area contributed by atoms with Gasteiger partial charge >= 0.3 is 0 Å². The number of amides is 1. The average molecular weight is 571 g/mol.